The fourth-order valence-corrected chi connectivity index (χ4v) is 4.84. The van der Waals surface area contributed by atoms with E-state index in [0.717, 1.165) is 27.2 Å². The number of hydrogen-bond acceptors (Lipinski definition) is 5. The van der Waals surface area contributed by atoms with Crippen LogP contribution in [0.15, 0.2) is 93.0 Å². The third-order valence-corrected chi connectivity index (χ3v) is 6.83. The molecule has 1 N–H and O–H groups in total. The van der Waals surface area contributed by atoms with Crippen LogP contribution in [0.4, 0.5) is 24.5 Å². The highest BCUT2D eigenvalue weighted by Crippen LogP contribution is 2.44. The van der Waals surface area contributed by atoms with Crippen LogP contribution in [0.1, 0.15) is 27.7 Å². The summed E-state index contributed by atoms with van der Waals surface area (Å²) in [5.41, 5.74) is 0.298. The smallest absolute Gasteiger partial charge is 0.416 e. The van der Waals surface area contributed by atoms with Crippen molar-refractivity contribution in [1.29, 1.82) is 0 Å². The highest BCUT2D eigenvalue weighted by Gasteiger charge is 2.46. The van der Waals surface area contributed by atoms with Crippen LogP contribution in [-0.4, -0.2) is 30.9 Å². The predicted octanol–water partition coefficient (Wildman–Crippen LogP) is 7.06. The van der Waals surface area contributed by atoms with E-state index in [-0.39, 0.29) is 17.0 Å². The minimum absolute atomic E-state index is 0.116. The summed E-state index contributed by atoms with van der Waals surface area (Å²) < 4.78 is 46.9. The van der Waals surface area contributed by atoms with Crippen LogP contribution in [0.25, 0.3) is 11.0 Å². The van der Waals surface area contributed by atoms with E-state index >= 15 is 0 Å². The number of halogens is 4. The summed E-state index contributed by atoms with van der Waals surface area (Å²) in [6, 6.07) is 16.5. The van der Waals surface area contributed by atoms with Crippen LogP contribution in [-0.2, 0) is 11.0 Å². The number of aliphatic hydroxyl groups is 1. The van der Waals surface area contributed by atoms with E-state index in [2.05, 4.69) is 15.9 Å². The molecule has 1 aromatic heterocycles. The molecule has 5 rings (SSSR count). The molecule has 3 aromatic carbocycles. The van der Waals surface area contributed by atoms with E-state index in [9.17, 15) is 27.9 Å². The molecule has 4 aromatic rings. The number of carbonyl (C=O) groups excluding carboxylic acids is 2. The van der Waals surface area contributed by atoms with Gasteiger partial charge in [0, 0.05) is 35.3 Å². The maximum Gasteiger partial charge on any atom is 0.416 e. The summed E-state index contributed by atoms with van der Waals surface area (Å²) >= 11 is 3.36. The summed E-state index contributed by atoms with van der Waals surface area (Å²) in [6.45, 7) is 0. The van der Waals surface area contributed by atoms with Gasteiger partial charge < -0.3 is 14.4 Å². The molecular formula is C28H20BrF3N2O4. The minimum atomic E-state index is -4.65. The van der Waals surface area contributed by atoms with E-state index in [1.54, 1.807) is 42.5 Å². The molecule has 0 aliphatic carbocycles. The molecule has 10 heteroatoms. The molecule has 6 nitrogen and oxygen atoms in total. The van der Waals surface area contributed by atoms with Gasteiger partial charge in [0.15, 0.2) is 11.5 Å². The second-order valence-corrected chi connectivity index (χ2v) is 9.91. The average Bonchev–Trinajstić information content (AvgIpc) is 3.41. The third-order valence-electron chi connectivity index (χ3n) is 6.33. The van der Waals surface area contributed by atoms with E-state index in [4.69, 9.17) is 4.42 Å². The fraction of sp³-hybridized carbons (Fsp3) is 0.143. The number of aliphatic hydroxyl groups excluding tert-OH is 1. The third kappa shape index (κ3) is 4.45. The van der Waals surface area contributed by atoms with Gasteiger partial charge >= 0.3 is 6.18 Å². The molecule has 0 saturated heterocycles. The number of hydrogen-bond donors (Lipinski definition) is 1. The number of ketones is 1. The number of furan rings is 1. The van der Waals surface area contributed by atoms with Crippen LogP contribution < -0.4 is 9.80 Å². The highest BCUT2D eigenvalue weighted by atomic mass is 79.9. The molecule has 1 amide bonds. The fourth-order valence-electron chi connectivity index (χ4n) is 4.46. The van der Waals surface area contributed by atoms with Gasteiger partial charge in [-0.25, -0.2) is 0 Å². The Morgan fingerprint density at radius 1 is 1.03 bits per heavy atom. The zero-order valence-electron chi connectivity index (χ0n) is 20.1. The quantitative estimate of drug-likeness (QED) is 0.254. The summed E-state index contributed by atoms with van der Waals surface area (Å²) in [5, 5.41) is 11.6. The van der Waals surface area contributed by atoms with Crippen molar-refractivity contribution in [3.63, 3.8) is 0 Å². The average molecular weight is 585 g/mol. The minimum Gasteiger partial charge on any atom is -0.503 e. The van der Waals surface area contributed by atoms with Crippen LogP contribution >= 0.6 is 15.9 Å². The van der Waals surface area contributed by atoms with Crippen molar-refractivity contribution in [2.24, 2.45) is 0 Å². The molecule has 1 atom stereocenters. The van der Waals surface area contributed by atoms with Crippen molar-refractivity contribution < 1.29 is 32.3 Å². The maximum atomic E-state index is 13.7. The van der Waals surface area contributed by atoms with E-state index in [1.165, 1.54) is 18.2 Å². The van der Waals surface area contributed by atoms with Gasteiger partial charge in [0.2, 0.25) is 5.78 Å². The molecule has 1 aliphatic rings. The number of benzene rings is 3. The van der Waals surface area contributed by atoms with Gasteiger partial charge in [-0.2, -0.15) is 13.2 Å². The molecule has 2 heterocycles. The van der Waals surface area contributed by atoms with Gasteiger partial charge in [-0.3, -0.25) is 14.5 Å². The molecule has 194 valence electrons. The Bertz CT molecular complexity index is 1610. The number of Topliss-reactive ketones (excluding diaryl/α,β-unsaturated/α-hetero) is 1. The number of alkyl halides is 3. The normalized spacial score (nSPS) is 16.0. The van der Waals surface area contributed by atoms with Crippen LogP contribution in [0.5, 0.6) is 0 Å². The van der Waals surface area contributed by atoms with Gasteiger partial charge in [-0.05, 0) is 60.2 Å². The largest absolute Gasteiger partial charge is 0.503 e. The molecule has 0 saturated carbocycles. The lowest BCUT2D eigenvalue weighted by atomic mass is 9.94. The first kappa shape index (κ1) is 25.6. The zero-order valence-corrected chi connectivity index (χ0v) is 21.7. The number of anilines is 2. The van der Waals surface area contributed by atoms with Gasteiger partial charge in [0.1, 0.15) is 5.58 Å². The van der Waals surface area contributed by atoms with E-state index < -0.39 is 35.2 Å². The van der Waals surface area contributed by atoms with Crippen molar-refractivity contribution in [2.75, 3.05) is 23.9 Å². The number of amides is 1. The molecule has 0 spiro atoms. The zero-order chi connectivity index (χ0) is 27.4. The predicted molar refractivity (Wildman–Crippen MR) is 140 cm³/mol. The van der Waals surface area contributed by atoms with E-state index in [1.807, 2.05) is 19.0 Å². The summed E-state index contributed by atoms with van der Waals surface area (Å²) in [6.07, 6.45) is -4.65. The lowest BCUT2D eigenvalue weighted by molar-refractivity contribution is -0.137. The van der Waals surface area contributed by atoms with E-state index in [0.29, 0.717) is 16.5 Å². The van der Waals surface area contributed by atoms with Gasteiger partial charge in [0.25, 0.3) is 5.91 Å². The van der Waals surface area contributed by atoms with Crippen molar-refractivity contribution >= 4 is 50.0 Å². The number of fused-ring (bicyclic) bond motifs is 1. The summed E-state index contributed by atoms with van der Waals surface area (Å²) in [7, 11) is 3.67. The SMILES string of the molecule is CN(C)c1ccc(C2C(C(=O)c3cc4cc(Br)ccc4o3)=C(O)C(=O)N2c2cccc(C(F)(F)F)c2)cc1. The highest BCUT2D eigenvalue weighted by molar-refractivity contribution is 9.10. The van der Waals surface area contributed by atoms with Crippen LogP contribution in [0.3, 0.4) is 0 Å². The van der Waals surface area contributed by atoms with Gasteiger partial charge in [-0.1, -0.05) is 34.1 Å². The number of nitrogens with zero attached hydrogens (tertiary/aromatic N) is 2. The Morgan fingerprint density at radius 3 is 2.39 bits per heavy atom. The Balaban J connectivity index is 1.66. The molecular weight excluding hydrogens is 565 g/mol. The number of rotatable bonds is 5. The second-order valence-electron chi connectivity index (χ2n) is 9.00. The standard InChI is InChI=1S/C28H20BrF3N2O4/c1-33(2)19-9-6-15(7-10-19)24-23(25(35)22-13-16-12-18(29)8-11-21(16)38-22)26(36)27(37)34(24)20-5-3-4-17(14-20)28(30,31)32/h3-14,24,36H,1-2H3. The lowest BCUT2D eigenvalue weighted by Gasteiger charge is -2.27. The van der Waals surface area contributed by atoms with Crippen LogP contribution in [0, 0.1) is 0 Å². The topological polar surface area (TPSA) is 74.0 Å². The Labute approximate surface area is 223 Å². The first-order valence-corrected chi connectivity index (χ1v) is 12.2. The molecule has 1 aliphatic heterocycles. The van der Waals surface area contributed by atoms with Crippen molar-refractivity contribution in [1.82, 2.24) is 0 Å². The Hall–Kier alpha value is -4.05. The molecule has 38 heavy (non-hydrogen) atoms. The molecule has 1 unspecified atom stereocenters. The summed E-state index contributed by atoms with van der Waals surface area (Å²) in [5.74, 6) is -2.71. The Kier molecular flexibility index (Phi) is 6.30. The molecule has 0 bridgehead atoms. The first-order chi connectivity index (χ1) is 18.0. The lowest BCUT2D eigenvalue weighted by Crippen LogP contribution is -2.31. The van der Waals surface area contributed by atoms with Gasteiger partial charge in [0.05, 0.1) is 17.2 Å². The van der Waals surface area contributed by atoms with Crippen LogP contribution in [0.2, 0.25) is 0 Å². The van der Waals surface area contributed by atoms with Gasteiger partial charge in [-0.15, -0.1) is 0 Å². The maximum absolute atomic E-state index is 13.7. The molecule has 0 fully saturated rings. The van der Waals surface area contributed by atoms with Crippen molar-refractivity contribution in [2.45, 2.75) is 12.2 Å². The van der Waals surface area contributed by atoms with Crippen molar-refractivity contribution in [3.05, 3.63) is 105 Å². The first-order valence-electron chi connectivity index (χ1n) is 11.4. The number of carbonyl (C=O) groups is 2. The summed E-state index contributed by atoms with van der Waals surface area (Å²) in [4.78, 5) is 29.9. The molecule has 0 radical (unpaired) electrons. The monoisotopic (exact) mass is 584 g/mol. The Morgan fingerprint density at radius 2 is 1.74 bits per heavy atom. The van der Waals surface area contributed by atoms with Crippen molar-refractivity contribution in [3.8, 4) is 0 Å². The second kappa shape index (κ2) is 9.36.